The second-order valence-electron chi connectivity index (χ2n) is 8.59. The molecule has 1 atom stereocenters. The molecule has 0 saturated heterocycles. The fourth-order valence-electron chi connectivity index (χ4n) is 4.21. The molecule has 0 fully saturated rings. The summed E-state index contributed by atoms with van der Waals surface area (Å²) in [6, 6.07) is 21.1. The lowest BCUT2D eigenvalue weighted by atomic mass is 9.93. The Hall–Kier alpha value is -3.87. The van der Waals surface area contributed by atoms with Crippen LogP contribution in [0.4, 0.5) is 0 Å². The van der Waals surface area contributed by atoms with E-state index in [1.54, 1.807) is 42.6 Å². The van der Waals surface area contributed by atoms with E-state index in [1.807, 2.05) is 36.4 Å². The summed E-state index contributed by atoms with van der Waals surface area (Å²) >= 11 is 12.6. The highest BCUT2D eigenvalue weighted by atomic mass is 35.5. The molecule has 2 heterocycles. The van der Waals surface area contributed by atoms with Gasteiger partial charge in [-0.15, -0.1) is 0 Å². The lowest BCUT2D eigenvalue weighted by Gasteiger charge is -2.24. The number of ketones is 1. The standard InChI is InChI=1S/C29H21Cl2NO5/c30-24-4-2-1-3-21(24)18-5-8-19(32-16-18)13-26(33)17-6-9-20(10-7-17)37-28-15-27-23(14-25(28)31)22(29(34)35)11-12-36-27/h1-10,14-16,22H,11-13H2,(H,34,35). The van der Waals surface area contributed by atoms with Gasteiger partial charge in [-0.1, -0.05) is 47.5 Å². The van der Waals surface area contributed by atoms with E-state index in [4.69, 9.17) is 32.7 Å². The number of aromatic nitrogens is 1. The number of hydrogen-bond donors (Lipinski definition) is 1. The highest BCUT2D eigenvalue weighted by Crippen LogP contribution is 2.41. The normalized spacial score (nSPS) is 14.4. The molecule has 1 aliphatic rings. The molecule has 37 heavy (non-hydrogen) atoms. The molecule has 1 aliphatic heterocycles. The molecule has 1 unspecified atom stereocenters. The number of carbonyl (C=O) groups excluding carboxylic acids is 1. The van der Waals surface area contributed by atoms with E-state index in [0.29, 0.717) is 52.1 Å². The summed E-state index contributed by atoms with van der Waals surface area (Å²) in [5.41, 5.74) is 3.48. The highest BCUT2D eigenvalue weighted by Gasteiger charge is 2.29. The summed E-state index contributed by atoms with van der Waals surface area (Å²) in [5.74, 6) is -0.398. The number of hydrogen-bond acceptors (Lipinski definition) is 5. The van der Waals surface area contributed by atoms with Crippen molar-refractivity contribution in [3.63, 3.8) is 0 Å². The van der Waals surface area contributed by atoms with E-state index >= 15 is 0 Å². The van der Waals surface area contributed by atoms with Gasteiger partial charge in [-0.3, -0.25) is 14.6 Å². The first-order valence-corrected chi connectivity index (χ1v) is 12.3. The van der Waals surface area contributed by atoms with Crippen LogP contribution in [0.25, 0.3) is 11.1 Å². The molecule has 0 amide bonds. The van der Waals surface area contributed by atoms with Gasteiger partial charge in [-0.2, -0.15) is 0 Å². The number of rotatable bonds is 7. The zero-order valence-electron chi connectivity index (χ0n) is 19.5. The number of carboxylic acid groups (broad SMARTS) is 1. The van der Waals surface area contributed by atoms with Crippen molar-refractivity contribution in [3.8, 4) is 28.4 Å². The fourth-order valence-corrected chi connectivity index (χ4v) is 4.67. The average Bonchev–Trinajstić information content (AvgIpc) is 2.90. The van der Waals surface area contributed by atoms with E-state index in [-0.39, 0.29) is 17.2 Å². The molecular weight excluding hydrogens is 513 g/mol. The molecule has 1 N–H and O–H groups in total. The Kier molecular flexibility index (Phi) is 7.12. The summed E-state index contributed by atoms with van der Waals surface area (Å²) in [6.45, 7) is 0.305. The van der Waals surface area contributed by atoms with E-state index in [9.17, 15) is 14.7 Å². The third kappa shape index (κ3) is 5.45. The van der Waals surface area contributed by atoms with Crippen LogP contribution in [0, 0.1) is 0 Å². The maximum atomic E-state index is 12.8. The average molecular weight is 534 g/mol. The minimum atomic E-state index is -0.915. The van der Waals surface area contributed by atoms with Gasteiger partial charge in [0.15, 0.2) is 5.78 Å². The molecule has 3 aromatic carbocycles. The molecule has 0 aliphatic carbocycles. The largest absolute Gasteiger partial charge is 0.493 e. The smallest absolute Gasteiger partial charge is 0.311 e. The molecule has 186 valence electrons. The lowest BCUT2D eigenvalue weighted by Crippen LogP contribution is -2.20. The molecular formula is C29H21Cl2NO5. The molecule has 5 rings (SSSR count). The zero-order chi connectivity index (χ0) is 25.9. The number of Topliss-reactive ketones (excluding diaryl/α,β-unsaturated/α-hetero) is 1. The van der Waals surface area contributed by atoms with Crippen LogP contribution in [0.3, 0.4) is 0 Å². The number of pyridine rings is 1. The Morgan fingerprint density at radius 2 is 1.78 bits per heavy atom. The number of carboxylic acids is 1. The number of ether oxygens (including phenoxy) is 2. The van der Waals surface area contributed by atoms with Crippen LogP contribution < -0.4 is 9.47 Å². The number of fused-ring (bicyclic) bond motifs is 1. The van der Waals surface area contributed by atoms with E-state index in [0.717, 1.165) is 11.1 Å². The van der Waals surface area contributed by atoms with Gasteiger partial charge in [-0.05, 0) is 48.9 Å². The van der Waals surface area contributed by atoms with E-state index in [1.165, 1.54) is 0 Å². The third-order valence-corrected chi connectivity index (χ3v) is 6.78. The Labute approximate surface area is 223 Å². The van der Waals surface area contributed by atoms with Gasteiger partial charge < -0.3 is 14.6 Å². The number of carbonyl (C=O) groups is 2. The number of halogens is 2. The number of aliphatic carboxylic acids is 1. The van der Waals surface area contributed by atoms with Gasteiger partial charge in [-0.25, -0.2) is 0 Å². The van der Waals surface area contributed by atoms with Gasteiger partial charge in [0.05, 0.1) is 24.0 Å². The van der Waals surface area contributed by atoms with Gasteiger partial charge in [0.1, 0.15) is 17.2 Å². The van der Waals surface area contributed by atoms with Crippen LogP contribution >= 0.6 is 23.2 Å². The van der Waals surface area contributed by atoms with Crippen molar-refractivity contribution < 1.29 is 24.2 Å². The minimum absolute atomic E-state index is 0.0792. The number of benzene rings is 3. The SMILES string of the molecule is O=C(Cc1ccc(-c2ccccc2Cl)cn1)c1ccc(Oc2cc3c(cc2Cl)C(C(=O)O)CCO3)cc1. The van der Waals surface area contributed by atoms with Gasteiger partial charge in [0.25, 0.3) is 0 Å². The first-order chi connectivity index (χ1) is 17.9. The molecule has 6 nitrogen and oxygen atoms in total. The van der Waals surface area contributed by atoms with E-state index in [2.05, 4.69) is 4.98 Å². The van der Waals surface area contributed by atoms with Crippen molar-refractivity contribution >= 4 is 35.0 Å². The van der Waals surface area contributed by atoms with Gasteiger partial charge in [0.2, 0.25) is 0 Å². The zero-order valence-corrected chi connectivity index (χ0v) is 21.0. The first-order valence-electron chi connectivity index (χ1n) is 11.6. The Morgan fingerprint density at radius 1 is 1.00 bits per heavy atom. The van der Waals surface area contributed by atoms with Crippen molar-refractivity contribution in [2.75, 3.05) is 6.61 Å². The van der Waals surface area contributed by atoms with Crippen molar-refractivity contribution in [1.82, 2.24) is 4.98 Å². The van der Waals surface area contributed by atoms with Crippen LogP contribution in [-0.4, -0.2) is 28.4 Å². The minimum Gasteiger partial charge on any atom is -0.493 e. The summed E-state index contributed by atoms with van der Waals surface area (Å²) in [5, 5.41) is 10.4. The Balaban J connectivity index is 1.26. The topological polar surface area (TPSA) is 85.7 Å². The van der Waals surface area contributed by atoms with Gasteiger partial charge in [0, 0.05) is 45.2 Å². The summed E-state index contributed by atoms with van der Waals surface area (Å²) in [6.07, 6.45) is 2.25. The first kappa shape index (κ1) is 24.8. The third-order valence-electron chi connectivity index (χ3n) is 6.16. The van der Waals surface area contributed by atoms with Gasteiger partial charge >= 0.3 is 5.97 Å². The molecule has 0 saturated carbocycles. The second kappa shape index (κ2) is 10.6. The highest BCUT2D eigenvalue weighted by molar-refractivity contribution is 6.33. The second-order valence-corrected chi connectivity index (χ2v) is 9.41. The Bertz CT molecular complexity index is 1470. The van der Waals surface area contributed by atoms with Crippen LogP contribution in [0.1, 0.15) is 34.0 Å². The monoisotopic (exact) mass is 533 g/mol. The quantitative estimate of drug-likeness (QED) is 0.252. The summed E-state index contributed by atoms with van der Waals surface area (Å²) < 4.78 is 11.5. The van der Waals surface area contributed by atoms with Crippen LogP contribution in [0.5, 0.6) is 17.2 Å². The molecule has 4 aromatic rings. The number of nitrogens with zero attached hydrogens (tertiary/aromatic N) is 1. The molecule has 8 heteroatoms. The fraction of sp³-hybridized carbons (Fsp3) is 0.138. The van der Waals surface area contributed by atoms with Crippen LogP contribution in [0.2, 0.25) is 10.0 Å². The Morgan fingerprint density at radius 3 is 2.49 bits per heavy atom. The van der Waals surface area contributed by atoms with Crippen molar-refractivity contribution in [1.29, 1.82) is 0 Å². The summed E-state index contributed by atoms with van der Waals surface area (Å²) in [7, 11) is 0. The maximum Gasteiger partial charge on any atom is 0.311 e. The predicted octanol–water partition coefficient (Wildman–Crippen LogP) is 7.22. The van der Waals surface area contributed by atoms with Crippen LogP contribution in [0.15, 0.2) is 79.0 Å². The van der Waals surface area contributed by atoms with Crippen molar-refractivity contribution in [2.45, 2.75) is 18.8 Å². The van der Waals surface area contributed by atoms with Crippen LogP contribution in [-0.2, 0) is 11.2 Å². The molecule has 0 spiro atoms. The van der Waals surface area contributed by atoms with Crippen molar-refractivity contribution in [2.24, 2.45) is 0 Å². The van der Waals surface area contributed by atoms with Crippen molar-refractivity contribution in [3.05, 3.63) is 106 Å². The molecule has 1 aromatic heterocycles. The molecule has 0 bridgehead atoms. The summed E-state index contributed by atoms with van der Waals surface area (Å²) in [4.78, 5) is 28.8. The molecule has 0 radical (unpaired) electrons. The van der Waals surface area contributed by atoms with E-state index < -0.39 is 11.9 Å². The lowest BCUT2D eigenvalue weighted by molar-refractivity contribution is -0.139. The predicted molar refractivity (Wildman–Crippen MR) is 141 cm³/mol. The maximum absolute atomic E-state index is 12.8.